The summed E-state index contributed by atoms with van der Waals surface area (Å²) in [5.74, 6) is -0.139. The number of aldehydes is 1. The Morgan fingerprint density at radius 1 is 1.54 bits per heavy atom. The van der Waals surface area contributed by atoms with Crippen molar-refractivity contribution in [1.29, 1.82) is 0 Å². The van der Waals surface area contributed by atoms with Crippen molar-refractivity contribution in [2.24, 2.45) is 0 Å². The summed E-state index contributed by atoms with van der Waals surface area (Å²) in [6, 6.07) is 4.97. The van der Waals surface area contributed by atoms with Crippen LogP contribution in [0.25, 0.3) is 0 Å². The summed E-state index contributed by atoms with van der Waals surface area (Å²) in [5.41, 5.74) is 1.24. The molecular formula is C9H8BrNO2. The van der Waals surface area contributed by atoms with E-state index in [0.717, 1.165) is 6.29 Å². The van der Waals surface area contributed by atoms with E-state index in [2.05, 4.69) is 21.2 Å². The van der Waals surface area contributed by atoms with Crippen LogP contribution >= 0.6 is 15.9 Å². The van der Waals surface area contributed by atoms with E-state index in [-0.39, 0.29) is 5.91 Å². The minimum atomic E-state index is -0.139. The van der Waals surface area contributed by atoms with E-state index in [0.29, 0.717) is 15.7 Å². The van der Waals surface area contributed by atoms with Crippen LogP contribution < -0.4 is 5.32 Å². The highest BCUT2D eigenvalue weighted by atomic mass is 79.9. The van der Waals surface area contributed by atoms with Crippen molar-refractivity contribution in [3.63, 3.8) is 0 Å². The molecule has 4 heteroatoms. The Bertz CT molecular complexity index is 349. The normalized spacial score (nSPS) is 9.38. The fraction of sp³-hybridized carbons (Fsp3) is 0.111. The zero-order chi connectivity index (χ0) is 9.84. The van der Waals surface area contributed by atoms with Gasteiger partial charge in [0.05, 0.1) is 5.69 Å². The second kappa shape index (κ2) is 4.18. The van der Waals surface area contributed by atoms with Crippen LogP contribution in [0, 0.1) is 0 Å². The Balaban J connectivity index is 2.98. The van der Waals surface area contributed by atoms with Crippen molar-refractivity contribution in [2.75, 3.05) is 5.32 Å². The van der Waals surface area contributed by atoms with Crippen molar-refractivity contribution >= 4 is 33.8 Å². The summed E-state index contributed by atoms with van der Waals surface area (Å²) in [6.45, 7) is 1.43. The maximum Gasteiger partial charge on any atom is 0.221 e. The fourth-order valence-electron chi connectivity index (χ4n) is 0.896. The van der Waals surface area contributed by atoms with Crippen molar-refractivity contribution in [2.45, 2.75) is 6.92 Å². The molecule has 0 saturated heterocycles. The molecule has 1 aromatic rings. The van der Waals surface area contributed by atoms with Crippen molar-refractivity contribution in [3.05, 3.63) is 28.2 Å². The molecule has 0 bridgehead atoms. The first-order valence-electron chi connectivity index (χ1n) is 3.66. The second-order valence-corrected chi connectivity index (χ2v) is 3.39. The lowest BCUT2D eigenvalue weighted by Gasteiger charge is -2.04. The SMILES string of the molecule is CC(=O)Nc1ccc(C=O)cc1Br. The zero-order valence-corrected chi connectivity index (χ0v) is 8.59. The molecule has 3 nitrogen and oxygen atoms in total. The van der Waals surface area contributed by atoms with Gasteiger partial charge in [-0.05, 0) is 34.1 Å². The first kappa shape index (κ1) is 9.92. The molecule has 0 saturated carbocycles. The smallest absolute Gasteiger partial charge is 0.221 e. The van der Waals surface area contributed by atoms with Crippen LogP contribution in [0.15, 0.2) is 22.7 Å². The van der Waals surface area contributed by atoms with Crippen LogP contribution in [0.1, 0.15) is 17.3 Å². The van der Waals surface area contributed by atoms with E-state index in [9.17, 15) is 9.59 Å². The number of anilines is 1. The van der Waals surface area contributed by atoms with Crippen LogP contribution in [0.5, 0.6) is 0 Å². The minimum absolute atomic E-state index is 0.139. The molecule has 1 rings (SSSR count). The number of carbonyl (C=O) groups is 2. The van der Waals surface area contributed by atoms with E-state index >= 15 is 0 Å². The molecule has 1 aromatic carbocycles. The molecule has 1 N–H and O–H groups in total. The van der Waals surface area contributed by atoms with Crippen LogP contribution in [-0.2, 0) is 4.79 Å². The van der Waals surface area contributed by atoms with Gasteiger partial charge in [0.25, 0.3) is 0 Å². The predicted molar refractivity (Wildman–Crippen MR) is 53.8 cm³/mol. The van der Waals surface area contributed by atoms with Crippen molar-refractivity contribution < 1.29 is 9.59 Å². The van der Waals surface area contributed by atoms with Gasteiger partial charge in [0.2, 0.25) is 5.91 Å². The molecule has 13 heavy (non-hydrogen) atoms. The van der Waals surface area contributed by atoms with Gasteiger partial charge in [-0.1, -0.05) is 0 Å². The molecule has 0 radical (unpaired) electrons. The monoisotopic (exact) mass is 241 g/mol. The largest absolute Gasteiger partial charge is 0.325 e. The highest BCUT2D eigenvalue weighted by Gasteiger charge is 2.01. The zero-order valence-electron chi connectivity index (χ0n) is 7.00. The summed E-state index contributed by atoms with van der Waals surface area (Å²) in [6.07, 6.45) is 0.752. The van der Waals surface area contributed by atoms with E-state index in [1.165, 1.54) is 6.92 Å². The van der Waals surface area contributed by atoms with Crippen molar-refractivity contribution in [3.8, 4) is 0 Å². The lowest BCUT2D eigenvalue weighted by atomic mass is 10.2. The van der Waals surface area contributed by atoms with Crippen LogP contribution in [0.3, 0.4) is 0 Å². The van der Waals surface area contributed by atoms with Crippen LogP contribution in [0.4, 0.5) is 5.69 Å². The fourth-order valence-corrected chi connectivity index (χ4v) is 1.39. The maximum atomic E-state index is 10.7. The van der Waals surface area contributed by atoms with E-state index in [1.807, 2.05) is 0 Å². The highest BCUT2D eigenvalue weighted by molar-refractivity contribution is 9.10. The number of hydrogen-bond donors (Lipinski definition) is 1. The Hall–Kier alpha value is -1.16. The molecule has 0 aliphatic heterocycles. The molecule has 68 valence electrons. The molecule has 1 amide bonds. The molecular weight excluding hydrogens is 234 g/mol. The Kier molecular flexibility index (Phi) is 3.19. The molecule has 0 aliphatic rings. The van der Waals surface area contributed by atoms with Gasteiger partial charge in [-0.25, -0.2) is 0 Å². The molecule has 0 aliphatic carbocycles. The number of hydrogen-bond acceptors (Lipinski definition) is 2. The van der Waals surface area contributed by atoms with E-state index in [1.54, 1.807) is 18.2 Å². The number of halogens is 1. The molecule has 0 atom stereocenters. The van der Waals surface area contributed by atoms with Gasteiger partial charge in [-0.2, -0.15) is 0 Å². The van der Waals surface area contributed by atoms with Crippen LogP contribution in [0.2, 0.25) is 0 Å². The average molecular weight is 242 g/mol. The minimum Gasteiger partial charge on any atom is -0.325 e. The number of nitrogens with one attached hydrogen (secondary N) is 1. The summed E-state index contributed by atoms with van der Waals surface area (Å²) in [7, 11) is 0. The van der Waals surface area contributed by atoms with Gasteiger partial charge < -0.3 is 5.32 Å². The van der Waals surface area contributed by atoms with Gasteiger partial charge in [0.15, 0.2) is 0 Å². The van der Waals surface area contributed by atoms with Crippen LogP contribution in [-0.4, -0.2) is 12.2 Å². The number of benzene rings is 1. The number of amides is 1. The Labute approximate surface area is 84.3 Å². The summed E-state index contributed by atoms with van der Waals surface area (Å²) < 4.78 is 0.701. The van der Waals surface area contributed by atoms with Gasteiger partial charge in [-0.3, -0.25) is 9.59 Å². The first-order chi connectivity index (χ1) is 6.13. The maximum absolute atomic E-state index is 10.7. The van der Waals surface area contributed by atoms with Gasteiger partial charge in [-0.15, -0.1) is 0 Å². The van der Waals surface area contributed by atoms with E-state index < -0.39 is 0 Å². The highest BCUT2D eigenvalue weighted by Crippen LogP contribution is 2.22. The first-order valence-corrected chi connectivity index (χ1v) is 4.45. The van der Waals surface area contributed by atoms with Gasteiger partial charge >= 0.3 is 0 Å². The summed E-state index contributed by atoms with van der Waals surface area (Å²) >= 11 is 3.24. The standard InChI is InChI=1S/C9H8BrNO2/c1-6(13)11-9-3-2-7(5-12)4-8(9)10/h2-5H,1H3,(H,11,13). The van der Waals surface area contributed by atoms with Gasteiger partial charge in [0, 0.05) is 17.0 Å². The number of carbonyl (C=O) groups excluding carboxylic acids is 2. The third kappa shape index (κ3) is 2.66. The quantitative estimate of drug-likeness (QED) is 0.808. The second-order valence-electron chi connectivity index (χ2n) is 2.54. The third-order valence-electron chi connectivity index (χ3n) is 1.44. The Morgan fingerprint density at radius 2 is 2.23 bits per heavy atom. The third-order valence-corrected chi connectivity index (χ3v) is 2.10. The molecule has 0 unspecified atom stereocenters. The lowest BCUT2D eigenvalue weighted by Crippen LogP contribution is -2.06. The predicted octanol–water partition coefficient (Wildman–Crippen LogP) is 2.22. The molecule has 0 spiro atoms. The lowest BCUT2D eigenvalue weighted by molar-refractivity contribution is -0.114. The van der Waals surface area contributed by atoms with Crippen molar-refractivity contribution in [1.82, 2.24) is 0 Å². The topological polar surface area (TPSA) is 46.2 Å². The summed E-state index contributed by atoms with van der Waals surface area (Å²) in [5, 5.41) is 2.62. The number of rotatable bonds is 2. The molecule has 0 fully saturated rings. The molecule has 0 heterocycles. The average Bonchev–Trinajstić information content (AvgIpc) is 2.08. The molecule has 0 aromatic heterocycles. The van der Waals surface area contributed by atoms with Gasteiger partial charge in [0.1, 0.15) is 6.29 Å². The summed E-state index contributed by atoms with van der Waals surface area (Å²) in [4.78, 5) is 21.1. The Morgan fingerprint density at radius 3 is 2.69 bits per heavy atom. The van der Waals surface area contributed by atoms with E-state index in [4.69, 9.17) is 0 Å².